The van der Waals surface area contributed by atoms with Crippen LogP contribution < -0.4 is 14.2 Å². The third kappa shape index (κ3) is 4.96. The highest BCUT2D eigenvalue weighted by molar-refractivity contribution is 6.46. The number of hydrogen-bond donors (Lipinski definition) is 1. The fourth-order valence-electron chi connectivity index (χ4n) is 3.97. The summed E-state index contributed by atoms with van der Waals surface area (Å²) in [7, 11) is 8.45. The van der Waals surface area contributed by atoms with Crippen LogP contribution in [0.2, 0.25) is 0 Å². The maximum absolute atomic E-state index is 13.1. The van der Waals surface area contributed by atoms with Crippen molar-refractivity contribution in [3.8, 4) is 17.2 Å². The van der Waals surface area contributed by atoms with E-state index in [0.29, 0.717) is 41.3 Å². The van der Waals surface area contributed by atoms with Crippen LogP contribution in [-0.4, -0.2) is 75.1 Å². The van der Waals surface area contributed by atoms with E-state index in [1.165, 1.54) is 19.1 Å². The lowest BCUT2D eigenvalue weighted by atomic mass is 9.95. The first-order valence-corrected chi connectivity index (χ1v) is 10.6. The highest BCUT2D eigenvalue weighted by atomic mass is 16.5. The number of amides is 1. The number of ketones is 1. The molecule has 0 saturated carbocycles. The number of methoxy groups -OCH3 is 3. The predicted octanol–water partition coefficient (Wildman–Crippen LogP) is 3.09. The van der Waals surface area contributed by atoms with Gasteiger partial charge in [0.15, 0.2) is 11.5 Å². The maximum atomic E-state index is 13.1. The third-order valence-electron chi connectivity index (χ3n) is 5.61. The largest absolute Gasteiger partial charge is 0.507 e. The molecule has 0 aromatic heterocycles. The maximum Gasteiger partial charge on any atom is 0.295 e. The molecule has 1 amide bonds. The molecule has 8 nitrogen and oxygen atoms in total. The average Bonchev–Trinajstić information content (AvgIpc) is 3.07. The van der Waals surface area contributed by atoms with Gasteiger partial charge < -0.3 is 29.1 Å². The van der Waals surface area contributed by atoms with E-state index < -0.39 is 17.7 Å². The Bertz CT molecular complexity index is 1060. The zero-order valence-corrected chi connectivity index (χ0v) is 19.6. The summed E-state index contributed by atoms with van der Waals surface area (Å²) in [5, 5.41) is 11.2. The van der Waals surface area contributed by atoms with E-state index in [0.717, 1.165) is 6.54 Å². The SMILES string of the molecule is COc1cccc([C@@H]2/C(=C(\O)c3ccc(OC)c(OC)c3)C(=O)C(=O)N2CCCN(C)C)c1. The molecule has 1 fully saturated rings. The van der Waals surface area contributed by atoms with E-state index >= 15 is 0 Å². The standard InChI is InChI=1S/C25H30N2O6/c1-26(2)12-7-13-27-22(16-8-6-9-18(14-16)31-3)21(24(29)25(27)30)23(28)17-10-11-19(32-4)20(15-17)33-5/h6,8-11,14-15,22,28H,7,12-13H2,1-5H3/b23-21+/t22-/m1/s1. The summed E-state index contributed by atoms with van der Waals surface area (Å²) in [6, 6.07) is 11.3. The second kappa shape index (κ2) is 10.4. The molecule has 1 aliphatic heterocycles. The first kappa shape index (κ1) is 24.1. The van der Waals surface area contributed by atoms with Gasteiger partial charge in [-0.25, -0.2) is 0 Å². The average molecular weight is 455 g/mol. The van der Waals surface area contributed by atoms with Gasteiger partial charge in [0.1, 0.15) is 11.5 Å². The Hall–Kier alpha value is -3.52. The molecule has 0 aliphatic carbocycles. The van der Waals surface area contributed by atoms with Gasteiger partial charge in [0.05, 0.1) is 32.9 Å². The molecule has 176 valence electrons. The molecule has 2 aromatic rings. The molecule has 1 N–H and O–H groups in total. The van der Waals surface area contributed by atoms with Crippen molar-refractivity contribution in [2.45, 2.75) is 12.5 Å². The summed E-state index contributed by atoms with van der Waals surface area (Å²) >= 11 is 0. The zero-order valence-electron chi connectivity index (χ0n) is 19.6. The molecule has 8 heteroatoms. The van der Waals surface area contributed by atoms with Crippen LogP contribution in [0.1, 0.15) is 23.6 Å². The van der Waals surface area contributed by atoms with E-state index in [2.05, 4.69) is 0 Å². The molecule has 33 heavy (non-hydrogen) atoms. The van der Waals surface area contributed by atoms with Gasteiger partial charge >= 0.3 is 0 Å². The zero-order chi connectivity index (χ0) is 24.1. The van der Waals surface area contributed by atoms with Gasteiger partial charge in [0.2, 0.25) is 0 Å². The Balaban J connectivity index is 2.14. The molecule has 0 spiro atoms. The monoisotopic (exact) mass is 454 g/mol. The predicted molar refractivity (Wildman–Crippen MR) is 125 cm³/mol. The minimum absolute atomic E-state index is 0.0327. The number of aliphatic hydroxyl groups is 1. The first-order chi connectivity index (χ1) is 15.8. The number of rotatable bonds is 9. The lowest BCUT2D eigenvalue weighted by Gasteiger charge is -2.26. The number of carbonyl (C=O) groups excluding carboxylic acids is 2. The van der Waals surface area contributed by atoms with Crippen molar-refractivity contribution < 1.29 is 28.9 Å². The number of Topliss-reactive ketones (excluding diaryl/α,β-unsaturated/α-hetero) is 1. The van der Waals surface area contributed by atoms with Crippen molar-refractivity contribution in [2.75, 3.05) is 48.5 Å². The van der Waals surface area contributed by atoms with Crippen molar-refractivity contribution in [3.63, 3.8) is 0 Å². The molecular weight excluding hydrogens is 424 g/mol. The Kier molecular flexibility index (Phi) is 7.60. The summed E-state index contributed by atoms with van der Waals surface area (Å²) in [4.78, 5) is 29.7. The third-order valence-corrected chi connectivity index (χ3v) is 5.61. The minimum atomic E-state index is -0.740. The van der Waals surface area contributed by atoms with Crippen molar-refractivity contribution in [2.24, 2.45) is 0 Å². The molecule has 3 rings (SSSR count). The van der Waals surface area contributed by atoms with Gasteiger partial charge in [-0.1, -0.05) is 12.1 Å². The number of carbonyl (C=O) groups is 2. The highest BCUT2D eigenvalue weighted by Gasteiger charge is 2.46. The summed E-state index contributed by atoms with van der Waals surface area (Å²) < 4.78 is 15.9. The van der Waals surface area contributed by atoms with E-state index in [1.54, 1.807) is 43.5 Å². The lowest BCUT2D eigenvalue weighted by Crippen LogP contribution is -2.32. The molecule has 1 heterocycles. The second-order valence-corrected chi connectivity index (χ2v) is 8.00. The van der Waals surface area contributed by atoms with Crippen LogP contribution in [0, 0.1) is 0 Å². The second-order valence-electron chi connectivity index (χ2n) is 8.00. The lowest BCUT2D eigenvalue weighted by molar-refractivity contribution is -0.139. The molecule has 0 radical (unpaired) electrons. The van der Waals surface area contributed by atoms with E-state index in [4.69, 9.17) is 14.2 Å². The Morgan fingerprint density at radius 3 is 2.36 bits per heavy atom. The molecule has 0 bridgehead atoms. The Morgan fingerprint density at radius 2 is 1.73 bits per heavy atom. The number of ether oxygens (including phenoxy) is 3. The smallest absolute Gasteiger partial charge is 0.295 e. The van der Waals surface area contributed by atoms with Gasteiger partial charge in [-0.2, -0.15) is 0 Å². The van der Waals surface area contributed by atoms with E-state index in [-0.39, 0.29) is 11.3 Å². The Morgan fingerprint density at radius 1 is 1.00 bits per heavy atom. The van der Waals surface area contributed by atoms with Gasteiger partial charge in [0.25, 0.3) is 11.7 Å². The number of aliphatic hydroxyl groups excluding tert-OH is 1. The van der Waals surface area contributed by atoms with Crippen molar-refractivity contribution >= 4 is 17.4 Å². The van der Waals surface area contributed by atoms with Gasteiger partial charge in [0, 0.05) is 12.1 Å². The van der Waals surface area contributed by atoms with Gasteiger partial charge in [-0.3, -0.25) is 9.59 Å². The molecule has 1 saturated heterocycles. The topological polar surface area (TPSA) is 88.5 Å². The van der Waals surface area contributed by atoms with Crippen LogP contribution >= 0.6 is 0 Å². The van der Waals surface area contributed by atoms with Crippen LogP contribution in [0.3, 0.4) is 0 Å². The van der Waals surface area contributed by atoms with Crippen LogP contribution in [0.5, 0.6) is 17.2 Å². The van der Waals surface area contributed by atoms with Crippen LogP contribution in [0.4, 0.5) is 0 Å². The van der Waals surface area contributed by atoms with E-state index in [1.807, 2.05) is 25.1 Å². The fourth-order valence-corrected chi connectivity index (χ4v) is 3.97. The summed E-state index contributed by atoms with van der Waals surface area (Å²) in [5.41, 5.74) is 1.07. The van der Waals surface area contributed by atoms with Gasteiger partial charge in [-0.05, 0) is 63.0 Å². The fraction of sp³-hybridized carbons (Fsp3) is 0.360. The molecule has 1 atom stereocenters. The first-order valence-electron chi connectivity index (χ1n) is 10.6. The molecule has 2 aromatic carbocycles. The molecule has 1 aliphatic rings. The highest BCUT2D eigenvalue weighted by Crippen LogP contribution is 2.41. The van der Waals surface area contributed by atoms with Crippen LogP contribution in [0.25, 0.3) is 5.76 Å². The number of hydrogen-bond acceptors (Lipinski definition) is 7. The number of nitrogens with zero attached hydrogens (tertiary/aromatic N) is 2. The van der Waals surface area contributed by atoms with Gasteiger partial charge in [-0.15, -0.1) is 0 Å². The number of likely N-dealkylation sites (tertiary alicyclic amines) is 1. The van der Waals surface area contributed by atoms with Crippen molar-refractivity contribution in [3.05, 3.63) is 59.2 Å². The van der Waals surface area contributed by atoms with E-state index in [9.17, 15) is 14.7 Å². The molecule has 0 unspecified atom stereocenters. The normalized spacial score (nSPS) is 17.5. The quantitative estimate of drug-likeness (QED) is 0.354. The summed E-state index contributed by atoms with van der Waals surface area (Å²) in [6.45, 7) is 1.12. The Labute approximate surface area is 194 Å². The van der Waals surface area contributed by atoms with Crippen molar-refractivity contribution in [1.29, 1.82) is 0 Å². The summed E-state index contributed by atoms with van der Waals surface area (Å²) in [6.07, 6.45) is 0.677. The summed E-state index contributed by atoms with van der Waals surface area (Å²) in [5.74, 6) is -0.138. The van der Waals surface area contributed by atoms with Crippen molar-refractivity contribution in [1.82, 2.24) is 9.80 Å². The van der Waals surface area contributed by atoms with Crippen LogP contribution in [-0.2, 0) is 9.59 Å². The minimum Gasteiger partial charge on any atom is -0.507 e. The number of benzene rings is 2. The van der Waals surface area contributed by atoms with Crippen LogP contribution in [0.15, 0.2) is 48.0 Å². The molecular formula is C25H30N2O6.